The fourth-order valence-electron chi connectivity index (χ4n) is 5.40. The predicted octanol–water partition coefficient (Wildman–Crippen LogP) is 3.49. The third-order valence-electron chi connectivity index (χ3n) is 7.36. The van der Waals surface area contributed by atoms with Crippen molar-refractivity contribution in [2.75, 3.05) is 39.8 Å². The lowest BCUT2D eigenvalue weighted by Gasteiger charge is -2.41. The van der Waals surface area contributed by atoms with Gasteiger partial charge < -0.3 is 15.0 Å². The molecule has 0 bridgehead atoms. The molecule has 178 valence electrons. The van der Waals surface area contributed by atoms with Gasteiger partial charge in [0.15, 0.2) is 0 Å². The molecule has 1 heterocycles. The Morgan fingerprint density at radius 2 is 1.72 bits per heavy atom. The summed E-state index contributed by atoms with van der Waals surface area (Å²) in [6.07, 6.45) is 7.22. The van der Waals surface area contributed by atoms with Gasteiger partial charge in [-0.3, -0.25) is 14.5 Å². The molecule has 2 aliphatic rings. The van der Waals surface area contributed by atoms with Gasteiger partial charge in [-0.2, -0.15) is 0 Å². The predicted molar refractivity (Wildman–Crippen MR) is 128 cm³/mol. The molecule has 1 N–H and O–H groups in total. The van der Waals surface area contributed by atoms with Crippen LogP contribution >= 0.6 is 0 Å². The van der Waals surface area contributed by atoms with Crippen molar-refractivity contribution in [3.8, 4) is 5.75 Å². The van der Waals surface area contributed by atoms with Crippen LogP contribution in [0.3, 0.4) is 0 Å². The van der Waals surface area contributed by atoms with Gasteiger partial charge in [-0.1, -0.05) is 44.9 Å². The molecular weight excluding hydrogens is 402 g/mol. The highest BCUT2D eigenvalue weighted by atomic mass is 16.5. The van der Waals surface area contributed by atoms with Crippen molar-refractivity contribution < 1.29 is 14.3 Å². The molecule has 1 aromatic rings. The molecule has 1 atom stereocenters. The van der Waals surface area contributed by atoms with E-state index < -0.39 is 0 Å². The van der Waals surface area contributed by atoms with Crippen LogP contribution in [0.25, 0.3) is 0 Å². The monoisotopic (exact) mass is 443 g/mol. The number of carbonyl (C=O) groups is 2. The van der Waals surface area contributed by atoms with Gasteiger partial charge in [0.25, 0.3) is 0 Å². The molecule has 1 aliphatic carbocycles. The zero-order valence-corrected chi connectivity index (χ0v) is 20.1. The van der Waals surface area contributed by atoms with Gasteiger partial charge in [0, 0.05) is 38.6 Å². The van der Waals surface area contributed by atoms with Crippen molar-refractivity contribution in [1.82, 2.24) is 15.1 Å². The smallest absolute Gasteiger partial charge is 0.237 e. The third-order valence-corrected chi connectivity index (χ3v) is 7.36. The molecule has 3 rings (SSSR count). The Bertz CT molecular complexity index is 736. The Balaban J connectivity index is 1.58. The van der Waals surface area contributed by atoms with Crippen molar-refractivity contribution in [2.24, 2.45) is 11.8 Å². The third kappa shape index (κ3) is 6.03. The first kappa shape index (κ1) is 24.6. The molecule has 1 saturated carbocycles. The summed E-state index contributed by atoms with van der Waals surface area (Å²) in [6.45, 7) is 7.82. The minimum Gasteiger partial charge on any atom is -0.496 e. The first-order valence-electron chi connectivity index (χ1n) is 12.5. The Labute approximate surface area is 193 Å². The highest BCUT2D eigenvalue weighted by molar-refractivity contribution is 5.82. The van der Waals surface area contributed by atoms with Gasteiger partial charge in [-0.15, -0.1) is 0 Å². The number of benzene rings is 1. The van der Waals surface area contributed by atoms with Crippen LogP contribution in [0.5, 0.6) is 5.75 Å². The second kappa shape index (κ2) is 12.2. The van der Waals surface area contributed by atoms with Crippen molar-refractivity contribution in [3.63, 3.8) is 0 Å². The summed E-state index contributed by atoms with van der Waals surface area (Å²) < 4.78 is 5.44. The average Bonchev–Trinajstić information content (AvgIpc) is 3.35. The van der Waals surface area contributed by atoms with Crippen LogP contribution in [0.2, 0.25) is 0 Å². The van der Waals surface area contributed by atoms with E-state index in [0.29, 0.717) is 12.5 Å². The SMILES string of the molecule is CCC(CC)C(=O)N1CCN(C(C(=O)NCCc2ccccc2OC)C2CCCC2)CC1. The van der Waals surface area contributed by atoms with E-state index in [1.165, 1.54) is 12.8 Å². The molecule has 2 amide bonds. The summed E-state index contributed by atoms with van der Waals surface area (Å²) in [4.78, 5) is 30.5. The normalized spacial score (nSPS) is 18.7. The second-order valence-electron chi connectivity index (χ2n) is 9.22. The molecule has 6 nitrogen and oxygen atoms in total. The quantitative estimate of drug-likeness (QED) is 0.601. The molecule has 32 heavy (non-hydrogen) atoms. The molecule has 6 heteroatoms. The first-order chi connectivity index (χ1) is 15.6. The standard InChI is InChI=1S/C26H41N3O3/c1-4-20(5-2)26(31)29-18-16-28(17-19-29)24(22-11-6-7-12-22)25(30)27-15-14-21-10-8-9-13-23(21)32-3/h8-10,13,20,22,24H,4-7,11-12,14-19H2,1-3H3,(H,27,30). The van der Waals surface area contributed by atoms with Crippen LogP contribution in [0.1, 0.15) is 57.9 Å². The van der Waals surface area contributed by atoms with Gasteiger partial charge in [0.1, 0.15) is 5.75 Å². The van der Waals surface area contributed by atoms with Gasteiger partial charge in [0.05, 0.1) is 13.2 Å². The summed E-state index contributed by atoms with van der Waals surface area (Å²) in [5, 5.41) is 3.21. The Hall–Kier alpha value is -2.08. The lowest BCUT2D eigenvalue weighted by Crippen LogP contribution is -2.58. The molecule has 0 aromatic heterocycles. The van der Waals surface area contributed by atoms with E-state index in [0.717, 1.165) is 69.6 Å². The number of piperazine rings is 1. The zero-order chi connectivity index (χ0) is 22.9. The van der Waals surface area contributed by atoms with E-state index >= 15 is 0 Å². The number of hydrogen-bond donors (Lipinski definition) is 1. The molecule has 1 aliphatic heterocycles. The molecule has 0 radical (unpaired) electrons. The number of ether oxygens (including phenoxy) is 1. The lowest BCUT2D eigenvalue weighted by atomic mass is 9.94. The second-order valence-corrected chi connectivity index (χ2v) is 9.22. The van der Waals surface area contributed by atoms with Crippen molar-refractivity contribution in [2.45, 2.75) is 64.8 Å². The summed E-state index contributed by atoms with van der Waals surface area (Å²) in [5.74, 6) is 1.85. The summed E-state index contributed by atoms with van der Waals surface area (Å²) in [5.41, 5.74) is 1.11. The number of carbonyl (C=O) groups excluding carboxylic acids is 2. The highest BCUT2D eigenvalue weighted by Gasteiger charge is 2.37. The van der Waals surface area contributed by atoms with Crippen LogP contribution in [0.15, 0.2) is 24.3 Å². The van der Waals surface area contributed by atoms with Crippen LogP contribution in [-0.4, -0.2) is 67.5 Å². The molecule has 1 saturated heterocycles. The molecule has 2 fully saturated rings. The number of amides is 2. The van der Waals surface area contributed by atoms with E-state index in [4.69, 9.17) is 4.74 Å². The largest absolute Gasteiger partial charge is 0.496 e. The Kier molecular flexibility index (Phi) is 9.39. The topological polar surface area (TPSA) is 61.9 Å². The van der Waals surface area contributed by atoms with Crippen molar-refractivity contribution >= 4 is 11.8 Å². The van der Waals surface area contributed by atoms with E-state index in [1.54, 1.807) is 7.11 Å². The molecule has 1 aromatic carbocycles. The maximum absolute atomic E-state index is 13.3. The van der Waals surface area contributed by atoms with Crippen molar-refractivity contribution in [1.29, 1.82) is 0 Å². The van der Waals surface area contributed by atoms with Gasteiger partial charge in [-0.25, -0.2) is 0 Å². The molecule has 1 unspecified atom stereocenters. The van der Waals surface area contributed by atoms with Crippen molar-refractivity contribution in [3.05, 3.63) is 29.8 Å². The van der Waals surface area contributed by atoms with E-state index in [2.05, 4.69) is 30.1 Å². The van der Waals surface area contributed by atoms with Crippen LogP contribution in [-0.2, 0) is 16.0 Å². The average molecular weight is 444 g/mol. The first-order valence-corrected chi connectivity index (χ1v) is 12.5. The Morgan fingerprint density at radius 1 is 1.06 bits per heavy atom. The number of nitrogens with zero attached hydrogens (tertiary/aromatic N) is 2. The Morgan fingerprint density at radius 3 is 2.34 bits per heavy atom. The zero-order valence-electron chi connectivity index (χ0n) is 20.1. The maximum atomic E-state index is 13.3. The molecular formula is C26H41N3O3. The summed E-state index contributed by atoms with van der Waals surface area (Å²) >= 11 is 0. The van der Waals surface area contributed by atoms with E-state index in [9.17, 15) is 9.59 Å². The minimum atomic E-state index is -0.0828. The number of nitrogens with one attached hydrogen (secondary N) is 1. The number of para-hydroxylation sites is 1. The number of hydrogen-bond acceptors (Lipinski definition) is 4. The highest BCUT2D eigenvalue weighted by Crippen LogP contribution is 2.31. The van der Waals surface area contributed by atoms with E-state index in [1.807, 2.05) is 23.1 Å². The van der Waals surface area contributed by atoms with Crippen LogP contribution < -0.4 is 10.1 Å². The van der Waals surface area contributed by atoms with Crippen LogP contribution in [0.4, 0.5) is 0 Å². The number of methoxy groups -OCH3 is 1. The number of rotatable bonds is 10. The minimum absolute atomic E-state index is 0.0828. The maximum Gasteiger partial charge on any atom is 0.237 e. The van der Waals surface area contributed by atoms with Crippen LogP contribution in [0, 0.1) is 11.8 Å². The fourth-order valence-corrected chi connectivity index (χ4v) is 5.40. The lowest BCUT2D eigenvalue weighted by molar-refractivity contribution is -0.139. The van der Waals surface area contributed by atoms with E-state index in [-0.39, 0.29) is 23.8 Å². The van der Waals surface area contributed by atoms with Gasteiger partial charge in [-0.05, 0) is 49.7 Å². The van der Waals surface area contributed by atoms with Gasteiger partial charge >= 0.3 is 0 Å². The summed E-state index contributed by atoms with van der Waals surface area (Å²) in [6, 6.07) is 7.89. The summed E-state index contributed by atoms with van der Waals surface area (Å²) in [7, 11) is 1.68. The van der Waals surface area contributed by atoms with Gasteiger partial charge in [0.2, 0.25) is 11.8 Å². The molecule has 0 spiro atoms. The fraction of sp³-hybridized carbons (Fsp3) is 0.692.